The highest BCUT2D eigenvalue weighted by atomic mass is 32.1. The molecule has 4 rings (SSSR count). The van der Waals surface area contributed by atoms with Crippen LogP contribution in [-0.4, -0.2) is 79.9 Å². The van der Waals surface area contributed by atoms with Crippen LogP contribution >= 0.6 is 12.6 Å². The van der Waals surface area contributed by atoms with Crippen molar-refractivity contribution in [1.29, 1.82) is 0 Å². The molecule has 13 heteroatoms. The molecular formula is C29H34N6O6S. The zero-order chi connectivity index (χ0) is 30.4. The van der Waals surface area contributed by atoms with E-state index in [4.69, 9.17) is 5.73 Å². The summed E-state index contributed by atoms with van der Waals surface area (Å²) in [5, 5.41) is 28.7. The number of nitrogens with one attached hydrogen (secondary N) is 5. The number of nitrogens with two attached hydrogens (primary N) is 1. The van der Waals surface area contributed by atoms with Gasteiger partial charge in [-0.05, 0) is 30.2 Å². The Labute approximate surface area is 246 Å². The number of carboxylic acid groups (broad SMARTS) is 1. The Morgan fingerprint density at radius 1 is 0.786 bits per heavy atom. The molecule has 0 aliphatic carbocycles. The Kier molecular flexibility index (Phi) is 9.88. The third-order valence-corrected chi connectivity index (χ3v) is 7.45. The molecule has 0 aliphatic heterocycles. The summed E-state index contributed by atoms with van der Waals surface area (Å²) in [7, 11) is 0. The molecule has 2 aromatic carbocycles. The first-order valence-corrected chi connectivity index (χ1v) is 14.0. The number of carbonyl (C=O) groups excluding carboxylic acids is 3. The third kappa shape index (κ3) is 7.11. The average Bonchev–Trinajstić information content (AvgIpc) is 3.58. The summed E-state index contributed by atoms with van der Waals surface area (Å²) in [6.07, 6.45) is 2.35. The number of rotatable bonds is 13. The number of fused-ring (bicyclic) bond motifs is 2. The lowest BCUT2D eigenvalue weighted by molar-refractivity contribution is -0.141. The van der Waals surface area contributed by atoms with Gasteiger partial charge in [0.2, 0.25) is 17.7 Å². The third-order valence-electron chi connectivity index (χ3n) is 7.08. The molecule has 0 spiro atoms. The second-order valence-electron chi connectivity index (χ2n) is 10.1. The largest absolute Gasteiger partial charge is 0.480 e. The van der Waals surface area contributed by atoms with Gasteiger partial charge in [0, 0.05) is 52.8 Å². The molecule has 2 heterocycles. The number of para-hydroxylation sites is 2. The van der Waals surface area contributed by atoms with Crippen LogP contribution in [0.1, 0.15) is 18.1 Å². The quantitative estimate of drug-likeness (QED) is 0.101. The highest BCUT2D eigenvalue weighted by Gasteiger charge is 2.32. The van der Waals surface area contributed by atoms with Crippen LogP contribution in [0.4, 0.5) is 0 Å². The minimum atomic E-state index is -1.29. The van der Waals surface area contributed by atoms with Crippen molar-refractivity contribution < 1.29 is 29.4 Å². The number of aliphatic hydroxyl groups is 1. The minimum Gasteiger partial charge on any atom is -0.480 e. The van der Waals surface area contributed by atoms with Gasteiger partial charge in [0.05, 0.1) is 6.10 Å². The molecular weight excluding hydrogens is 560 g/mol. The molecule has 0 aliphatic rings. The second kappa shape index (κ2) is 13.6. The van der Waals surface area contributed by atoms with Crippen LogP contribution < -0.4 is 21.7 Å². The maximum absolute atomic E-state index is 13.8. The van der Waals surface area contributed by atoms with Crippen molar-refractivity contribution in [3.8, 4) is 0 Å². The summed E-state index contributed by atoms with van der Waals surface area (Å²) < 4.78 is 0. The normalized spacial score (nSPS) is 15.0. The first-order valence-electron chi connectivity index (χ1n) is 13.4. The molecule has 5 atom stereocenters. The number of benzene rings is 2. The fourth-order valence-electron chi connectivity index (χ4n) is 4.68. The number of carboxylic acids is 1. The lowest BCUT2D eigenvalue weighted by Crippen LogP contribution is -2.59. The van der Waals surface area contributed by atoms with Gasteiger partial charge in [-0.2, -0.15) is 12.6 Å². The SMILES string of the molecule is CC(O)C(N)C(=O)NC(Cc1c[nH]c2ccccc12)C(=O)NC(Cc1c[nH]c2ccccc12)C(=O)NC(CS)C(=O)O. The van der Waals surface area contributed by atoms with Crippen molar-refractivity contribution in [2.75, 3.05) is 5.75 Å². The highest BCUT2D eigenvalue weighted by Crippen LogP contribution is 2.21. The molecule has 12 nitrogen and oxygen atoms in total. The summed E-state index contributed by atoms with van der Waals surface area (Å²) in [4.78, 5) is 57.8. The monoisotopic (exact) mass is 594 g/mol. The lowest BCUT2D eigenvalue weighted by Gasteiger charge is -2.25. The molecule has 3 amide bonds. The maximum atomic E-state index is 13.8. The van der Waals surface area contributed by atoms with Gasteiger partial charge in [-0.3, -0.25) is 14.4 Å². The number of thiol groups is 1. The van der Waals surface area contributed by atoms with E-state index in [0.29, 0.717) is 0 Å². The average molecular weight is 595 g/mol. The van der Waals surface area contributed by atoms with E-state index in [1.807, 2.05) is 48.5 Å². The van der Waals surface area contributed by atoms with Gasteiger partial charge >= 0.3 is 5.97 Å². The molecule has 9 N–H and O–H groups in total. The number of hydrogen-bond donors (Lipinski definition) is 9. The van der Waals surface area contributed by atoms with Crippen LogP contribution in [0.25, 0.3) is 21.8 Å². The summed E-state index contributed by atoms with van der Waals surface area (Å²) in [6, 6.07) is 9.92. The number of aromatic amines is 2. The molecule has 2 aromatic heterocycles. The van der Waals surface area contributed by atoms with Crippen molar-refractivity contribution in [3.05, 3.63) is 72.1 Å². The lowest BCUT2D eigenvalue weighted by atomic mass is 10.0. The van der Waals surface area contributed by atoms with Crippen LogP contribution in [0.15, 0.2) is 60.9 Å². The van der Waals surface area contributed by atoms with Crippen molar-refractivity contribution in [1.82, 2.24) is 25.9 Å². The highest BCUT2D eigenvalue weighted by molar-refractivity contribution is 7.80. The number of amides is 3. The van der Waals surface area contributed by atoms with E-state index in [1.54, 1.807) is 12.4 Å². The molecule has 4 aromatic rings. The van der Waals surface area contributed by atoms with E-state index in [-0.39, 0.29) is 18.6 Å². The number of hydrogen-bond acceptors (Lipinski definition) is 7. The van der Waals surface area contributed by atoms with Gasteiger partial charge < -0.3 is 41.9 Å². The Hall–Kier alpha value is -4.33. The fraction of sp³-hybridized carbons (Fsp3) is 0.310. The van der Waals surface area contributed by atoms with Gasteiger partial charge in [0.25, 0.3) is 0 Å². The van der Waals surface area contributed by atoms with Crippen LogP contribution in [-0.2, 0) is 32.0 Å². The van der Waals surface area contributed by atoms with Crippen molar-refractivity contribution in [2.45, 2.75) is 50.0 Å². The van der Waals surface area contributed by atoms with Gasteiger partial charge in [-0.1, -0.05) is 36.4 Å². The van der Waals surface area contributed by atoms with E-state index in [0.717, 1.165) is 32.9 Å². The van der Waals surface area contributed by atoms with Crippen LogP contribution in [0, 0.1) is 0 Å². The van der Waals surface area contributed by atoms with E-state index >= 15 is 0 Å². The van der Waals surface area contributed by atoms with E-state index in [9.17, 15) is 29.4 Å². The van der Waals surface area contributed by atoms with Gasteiger partial charge in [0.1, 0.15) is 24.2 Å². The van der Waals surface area contributed by atoms with Crippen molar-refractivity contribution in [2.24, 2.45) is 5.73 Å². The predicted molar refractivity (Wildman–Crippen MR) is 161 cm³/mol. The predicted octanol–water partition coefficient (Wildman–Crippen LogP) is 0.611. The van der Waals surface area contributed by atoms with E-state index in [2.05, 4.69) is 38.5 Å². The second-order valence-corrected chi connectivity index (χ2v) is 10.5. The van der Waals surface area contributed by atoms with E-state index in [1.165, 1.54) is 6.92 Å². The zero-order valence-corrected chi connectivity index (χ0v) is 23.7. The minimum absolute atomic E-state index is 0.0292. The van der Waals surface area contributed by atoms with E-state index < -0.39 is 54.0 Å². The zero-order valence-electron chi connectivity index (χ0n) is 22.8. The van der Waals surface area contributed by atoms with Gasteiger partial charge in [0.15, 0.2) is 0 Å². The maximum Gasteiger partial charge on any atom is 0.327 e. The molecule has 0 bridgehead atoms. The Morgan fingerprint density at radius 3 is 1.64 bits per heavy atom. The first kappa shape index (κ1) is 30.6. The molecule has 0 fully saturated rings. The van der Waals surface area contributed by atoms with Gasteiger partial charge in [-0.15, -0.1) is 0 Å². The molecule has 222 valence electrons. The summed E-state index contributed by atoms with van der Waals surface area (Å²) in [5.41, 5.74) is 8.95. The smallest absolute Gasteiger partial charge is 0.327 e. The molecule has 0 radical (unpaired) electrons. The number of carbonyl (C=O) groups is 4. The molecule has 5 unspecified atom stereocenters. The number of H-pyrrole nitrogens is 2. The fourth-order valence-corrected chi connectivity index (χ4v) is 4.92. The van der Waals surface area contributed by atoms with Crippen LogP contribution in [0.5, 0.6) is 0 Å². The number of aliphatic hydroxyl groups excluding tert-OH is 1. The first-order chi connectivity index (χ1) is 20.1. The molecule has 42 heavy (non-hydrogen) atoms. The summed E-state index contributed by atoms with van der Waals surface area (Å²) in [6.45, 7) is 1.36. The van der Waals surface area contributed by atoms with Crippen LogP contribution in [0.2, 0.25) is 0 Å². The van der Waals surface area contributed by atoms with Crippen molar-refractivity contribution in [3.63, 3.8) is 0 Å². The van der Waals surface area contributed by atoms with Crippen molar-refractivity contribution >= 4 is 58.1 Å². The summed E-state index contributed by atoms with van der Waals surface area (Å²) in [5.74, 6) is -3.60. The molecule has 0 saturated carbocycles. The number of aromatic nitrogens is 2. The molecule has 0 saturated heterocycles. The standard InChI is InChI=1S/C29H34N6O6S/c1-15(36)25(30)28(39)34-23(11-17-13-32-21-9-5-3-7-19(17)21)26(37)33-22(27(38)35-24(14-42)29(40)41)10-16-12-31-20-8-4-2-6-18(16)20/h2-9,12-13,15,22-25,31-32,36,42H,10-11,14,30H2,1H3,(H,33,37)(H,34,39)(H,35,38)(H,40,41). The van der Waals surface area contributed by atoms with Crippen LogP contribution in [0.3, 0.4) is 0 Å². The Balaban J connectivity index is 1.64. The summed E-state index contributed by atoms with van der Waals surface area (Å²) >= 11 is 4.02. The Bertz CT molecular complexity index is 1580. The Morgan fingerprint density at radius 2 is 1.21 bits per heavy atom. The number of aliphatic carboxylic acids is 1. The topological polar surface area (TPSA) is 202 Å². The van der Waals surface area contributed by atoms with Gasteiger partial charge in [-0.25, -0.2) is 4.79 Å².